The first-order valence-electron chi connectivity index (χ1n) is 4.50. The number of para-hydroxylation sites is 1. The maximum absolute atomic E-state index is 10.9. The van der Waals surface area contributed by atoms with Crippen molar-refractivity contribution in [1.82, 2.24) is 9.78 Å². The molecule has 84 valence electrons. The number of rotatable bonds is 2. The molecule has 0 aliphatic heterocycles. The molecule has 2 aromatic rings. The van der Waals surface area contributed by atoms with E-state index < -0.39 is 11.1 Å². The zero-order valence-corrected chi connectivity index (χ0v) is 13.0. The number of hydrogen-bond donors (Lipinski definition) is 0. The fourth-order valence-corrected chi connectivity index (χ4v) is 2.10. The molecule has 0 spiro atoms. The summed E-state index contributed by atoms with van der Waals surface area (Å²) < 4.78 is 23.2. The first kappa shape index (κ1) is 14.9. The first-order valence-corrected chi connectivity index (χ1v) is 5.95. The van der Waals surface area contributed by atoms with Gasteiger partial charge in [0.25, 0.3) is 0 Å². The van der Waals surface area contributed by atoms with Crippen molar-refractivity contribution in [3.8, 4) is 5.69 Å². The van der Waals surface area contributed by atoms with Gasteiger partial charge in [-0.2, -0.15) is 5.10 Å². The van der Waals surface area contributed by atoms with Crippen molar-refractivity contribution < 1.29 is 38.3 Å². The zero-order chi connectivity index (χ0) is 11.7. The molecule has 0 aliphatic rings. The van der Waals surface area contributed by atoms with E-state index in [4.69, 9.17) is 11.6 Å². The van der Waals surface area contributed by atoms with Crippen LogP contribution in [0.15, 0.2) is 35.4 Å². The van der Waals surface area contributed by atoms with Gasteiger partial charge in [-0.25, -0.2) is 4.68 Å². The van der Waals surface area contributed by atoms with Gasteiger partial charge in [0.2, 0.25) is 0 Å². The second-order valence-corrected chi connectivity index (χ2v) is 4.51. The van der Waals surface area contributed by atoms with Crippen molar-refractivity contribution in [2.24, 2.45) is 0 Å². The molecule has 1 aromatic carbocycles. The van der Waals surface area contributed by atoms with E-state index in [9.17, 15) is 8.76 Å². The molecule has 1 unspecified atom stereocenters. The average Bonchev–Trinajstić information content (AvgIpc) is 2.61. The minimum atomic E-state index is -2.28. The Bertz CT molecular complexity index is 559. The van der Waals surface area contributed by atoms with E-state index in [0.717, 1.165) is 0 Å². The molecule has 0 amide bonds. The molecule has 2 rings (SSSR count). The summed E-state index contributed by atoms with van der Waals surface area (Å²) in [6.07, 6.45) is 1.31. The van der Waals surface area contributed by atoms with Gasteiger partial charge in [-0.15, -0.1) is 0 Å². The van der Waals surface area contributed by atoms with Gasteiger partial charge in [0.1, 0.15) is 0 Å². The molecule has 0 saturated carbocycles. The van der Waals surface area contributed by atoms with Crippen LogP contribution < -0.4 is 29.6 Å². The van der Waals surface area contributed by atoms with E-state index in [1.54, 1.807) is 25.1 Å². The van der Waals surface area contributed by atoms with E-state index in [-0.39, 0.29) is 34.5 Å². The number of hydrogen-bond acceptors (Lipinski definition) is 3. The fourth-order valence-electron chi connectivity index (χ4n) is 1.42. The molecule has 17 heavy (non-hydrogen) atoms. The SMILES string of the molecule is Cc1c(S(=O)[O-])cnn1-c1ccccc1Cl.[Na+]. The predicted octanol–water partition coefficient (Wildman–Crippen LogP) is -0.924. The van der Waals surface area contributed by atoms with E-state index in [0.29, 0.717) is 16.4 Å². The van der Waals surface area contributed by atoms with Gasteiger partial charge in [-0.1, -0.05) is 23.7 Å². The summed E-state index contributed by atoms with van der Waals surface area (Å²) in [6, 6.07) is 7.12. The predicted molar refractivity (Wildman–Crippen MR) is 60.5 cm³/mol. The summed E-state index contributed by atoms with van der Waals surface area (Å²) in [5, 5.41) is 4.53. The summed E-state index contributed by atoms with van der Waals surface area (Å²) in [4.78, 5) is 0.180. The maximum Gasteiger partial charge on any atom is 1.00 e. The Balaban J connectivity index is 0.00000144. The molecule has 1 atom stereocenters. The Kier molecular flexibility index (Phi) is 5.37. The van der Waals surface area contributed by atoms with Crippen LogP contribution in [0.5, 0.6) is 0 Å². The molecule has 0 N–H and O–H groups in total. The molecule has 4 nitrogen and oxygen atoms in total. The Morgan fingerprint density at radius 2 is 2.06 bits per heavy atom. The Hall–Kier alpha value is -0.170. The number of nitrogens with zero attached hydrogens (tertiary/aromatic N) is 2. The van der Waals surface area contributed by atoms with Crippen LogP contribution in [0.2, 0.25) is 5.02 Å². The largest absolute Gasteiger partial charge is 1.00 e. The number of benzene rings is 1. The van der Waals surface area contributed by atoms with Crippen LogP contribution in [-0.2, 0) is 11.1 Å². The molecule has 0 aliphatic carbocycles. The Labute approximate surface area is 129 Å². The van der Waals surface area contributed by atoms with Crippen LogP contribution in [0, 0.1) is 6.92 Å². The molecule has 0 bridgehead atoms. The van der Waals surface area contributed by atoms with E-state index in [1.807, 2.05) is 6.07 Å². The summed E-state index contributed by atoms with van der Waals surface area (Å²) in [5.74, 6) is 0. The minimum absolute atomic E-state index is 0. The van der Waals surface area contributed by atoms with Crippen LogP contribution in [0.4, 0.5) is 0 Å². The topological polar surface area (TPSA) is 57.9 Å². The minimum Gasteiger partial charge on any atom is -0.768 e. The molecule has 0 fully saturated rings. The number of aromatic nitrogens is 2. The van der Waals surface area contributed by atoms with Gasteiger partial charge in [0, 0.05) is 0 Å². The van der Waals surface area contributed by atoms with Crippen molar-refractivity contribution in [3.63, 3.8) is 0 Å². The molecule has 1 heterocycles. The zero-order valence-electron chi connectivity index (χ0n) is 9.38. The molecular formula is C10H8ClN2NaO2S. The molecular weight excluding hydrogens is 271 g/mol. The van der Waals surface area contributed by atoms with Gasteiger partial charge in [0.15, 0.2) is 0 Å². The van der Waals surface area contributed by atoms with Gasteiger partial charge in [0.05, 0.1) is 27.5 Å². The summed E-state index contributed by atoms with van der Waals surface area (Å²) in [5.41, 5.74) is 1.21. The van der Waals surface area contributed by atoms with Crippen molar-refractivity contribution >= 4 is 22.7 Å². The third-order valence-electron chi connectivity index (χ3n) is 2.22. The second-order valence-electron chi connectivity index (χ2n) is 3.19. The smallest absolute Gasteiger partial charge is 0.768 e. The van der Waals surface area contributed by atoms with Gasteiger partial charge in [-0.3, -0.25) is 4.21 Å². The summed E-state index contributed by atoms with van der Waals surface area (Å²) >= 11 is 3.73. The normalized spacial score (nSPS) is 11.9. The van der Waals surface area contributed by atoms with E-state index >= 15 is 0 Å². The Morgan fingerprint density at radius 1 is 1.41 bits per heavy atom. The first-order chi connectivity index (χ1) is 7.61. The van der Waals surface area contributed by atoms with Crippen molar-refractivity contribution in [2.45, 2.75) is 11.8 Å². The van der Waals surface area contributed by atoms with E-state index in [1.165, 1.54) is 10.9 Å². The monoisotopic (exact) mass is 278 g/mol. The Morgan fingerprint density at radius 3 is 2.59 bits per heavy atom. The van der Waals surface area contributed by atoms with Crippen LogP contribution in [0.25, 0.3) is 5.69 Å². The molecule has 1 aromatic heterocycles. The second kappa shape index (κ2) is 6.13. The molecule has 0 radical (unpaired) electrons. The van der Waals surface area contributed by atoms with Crippen LogP contribution in [0.3, 0.4) is 0 Å². The standard InChI is InChI=1S/C10H9ClN2O2S.Na/c1-7-10(16(14)15)6-12-13(7)9-5-3-2-4-8(9)11;/h2-6H,1H3,(H,14,15);/q;+1/p-1. The van der Waals surface area contributed by atoms with Crippen LogP contribution in [0.1, 0.15) is 5.69 Å². The van der Waals surface area contributed by atoms with Gasteiger partial charge < -0.3 is 4.55 Å². The number of halogens is 1. The van der Waals surface area contributed by atoms with E-state index in [2.05, 4.69) is 5.10 Å². The third kappa shape index (κ3) is 2.99. The molecule has 0 saturated heterocycles. The third-order valence-corrected chi connectivity index (χ3v) is 3.30. The summed E-state index contributed by atoms with van der Waals surface area (Å²) in [7, 11) is 0. The quantitative estimate of drug-likeness (QED) is 0.527. The van der Waals surface area contributed by atoms with Crippen molar-refractivity contribution in [1.29, 1.82) is 0 Å². The van der Waals surface area contributed by atoms with Crippen LogP contribution in [-0.4, -0.2) is 18.5 Å². The maximum atomic E-state index is 10.9. The molecule has 7 heteroatoms. The summed E-state index contributed by atoms with van der Waals surface area (Å²) in [6.45, 7) is 1.68. The van der Waals surface area contributed by atoms with Crippen molar-refractivity contribution in [2.75, 3.05) is 0 Å². The van der Waals surface area contributed by atoms with Crippen molar-refractivity contribution in [3.05, 3.63) is 41.2 Å². The van der Waals surface area contributed by atoms with Gasteiger partial charge in [-0.05, 0) is 30.1 Å². The fraction of sp³-hybridized carbons (Fsp3) is 0.100. The average molecular weight is 279 g/mol. The van der Waals surface area contributed by atoms with Crippen LogP contribution >= 0.6 is 11.6 Å². The van der Waals surface area contributed by atoms with Gasteiger partial charge >= 0.3 is 29.6 Å².